The molecule has 3 rings (SSSR count). The average Bonchev–Trinajstić information content (AvgIpc) is 2.96. The summed E-state index contributed by atoms with van der Waals surface area (Å²) in [6.45, 7) is 4.58. The smallest absolute Gasteiger partial charge is 0.0807 e. The van der Waals surface area contributed by atoms with Crippen LogP contribution < -0.4 is 0 Å². The maximum atomic E-state index is 10.1. The molecule has 2 unspecified atom stereocenters. The molecule has 2 heteroatoms. The number of hydrogen-bond acceptors (Lipinski definition) is 1. The molecule has 18 heavy (non-hydrogen) atoms. The molecule has 1 fully saturated rings. The van der Waals surface area contributed by atoms with E-state index in [1.807, 2.05) is 0 Å². The molecule has 1 N–H and O–H groups in total. The molecule has 0 radical (unpaired) electrons. The van der Waals surface area contributed by atoms with E-state index in [2.05, 4.69) is 24.5 Å². The van der Waals surface area contributed by atoms with Gasteiger partial charge in [0.25, 0.3) is 0 Å². The Morgan fingerprint density at radius 1 is 1.22 bits per heavy atom. The van der Waals surface area contributed by atoms with Gasteiger partial charge < -0.3 is 9.67 Å². The molecule has 0 aliphatic heterocycles. The van der Waals surface area contributed by atoms with Crippen molar-refractivity contribution in [1.82, 2.24) is 4.57 Å². The van der Waals surface area contributed by atoms with Crippen LogP contribution in [0.2, 0.25) is 0 Å². The molecule has 2 aliphatic rings. The van der Waals surface area contributed by atoms with Crippen molar-refractivity contribution in [3.63, 3.8) is 0 Å². The lowest BCUT2D eigenvalue weighted by atomic mass is 9.94. The van der Waals surface area contributed by atoms with Crippen molar-refractivity contribution >= 4 is 0 Å². The van der Waals surface area contributed by atoms with Gasteiger partial charge in [0.15, 0.2) is 0 Å². The molecule has 0 bridgehead atoms. The van der Waals surface area contributed by atoms with E-state index >= 15 is 0 Å². The highest BCUT2D eigenvalue weighted by Crippen LogP contribution is 2.39. The number of rotatable bonds is 2. The lowest BCUT2D eigenvalue weighted by Gasteiger charge is -2.27. The van der Waals surface area contributed by atoms with E-state index in [9.17, 15) is 5.11 Å². The third-order valence-corrected chi connectivity index (χ3v) is 5.11. The third-order valence-electron chi connectivity index (χ3n) is 5.11. The number of fused-ring (bicyclic) bond motifs is 1. The lowest BCUT2D eigenvalue weighted by molar-refractivity contribution is 0.155. The Balaban J connectivity index is 1.95. The van der Waals surface area contributed by atoms with Crippen LogP contribution in [0.25, 0.3) is 0 Å². The van der Waals surface area contributed by atoms with Gasteiger partial charge >= 0.3 is 0 Å². The summed E-state index contributed by atoms with van der Waals surface area (Å²) in [5, 5.41) is 10.1. The first-order valence-corrected chi connectivity index (χ1v) is 7.57. The fourth-order valence-electron chi connectivity index (χ4n) is 4.12. The minimum absolute atomic E-state index is 0.218. The molecule has 1 heterocycles. The number of hydrogen-bond donors (Lipinski definition) is 1. The van der Waals surface area contributed by atoms with Crippen molar-refractivity contribution in [3.05, 3.63) is 23.0 Å². The number of aliphatic hydroxyl groups is 1. The number of aliphatic hydroxyl groups excluding tert-OH is 1. The van der Waals surface area contributed by atoms with Crippen LogP contribution in [0.5, 0.6) is 0 Å². The van der Waals surface area contributed by atoms with Gasteiger partial charge in [-0.25, -0.2) is 0 Å². The Morgan fingerprint density at radius 3 is 2.67 bits per heavy atom. The zero-order valence-electron chi connectivity index (χ0n) is 11.7. The third kappa shape index (κ3) is 1.91. The Bertz CT molecular complexity index is 429. The zero-order chi connectivity index (χ0) is 12.7. The van der Waals surface area contributed by atoms with Crippen LogP contribution in [-0.2, 0) is 6.42 Å². The van der Waals surface area contributed by atoms with E-state index in [0.29, 0.717) is 6.04 Å². The highest BCUT2D eigenvalue weighted by molar-refractivity contribution is 5.32. The number of nitrogens with zero attached hydrogens (tertiary/aromatic N) is 1. The van der Waals surface area contributed by atoms with Gasteiger partial charge in [0.1, 0.15) is 0 Å². The fourth-order valence-corrected chi connectivity index (χ4v) is 4.12. The van der Waals surface area contributed by atoms with E-state index in [-0.39, 0.29) is 6.10 Å². The first-order chi connectivity index (χ1) is 8.68. The second-order valence-electron chi connectivity index (χ2n) is 6.25. The monoisotopic (exact) mass is 247 g/mol. The van der Waals surface area contributed by atoms with Crippen molar-refractivity contribution < 1.29 is 5.11 Å². The molecule has 2 nitrogen and oxygen atoms in total. The number of aryl methyl sites for hydroxylation is 1. The molecule has 100 valence electrons. The Morgan fingerprint density at radius 2 is 1.94 bits per heavy atom. The standard InChI is InChI=1S/C16H25NO/c1-11-10-14-15(8-5-9-16(14)18)17(11)12(2)13-6-3-4-7-13/h10,12-13,16,18H,3-9H2,1-2H3. The predicted molar refractivity (Wildman–Crippen MR) is 73.7 cm³/mol. The van der Waals surface area contributed by atoms with E-state index in [1.54, 1.807) is 0 Å². The van der Waals surface area contributed by atoms with Gasteiger partial charge in [-0.2, -0.15) is 0 Å². The molecular weight excluding hydrogens is 222 g/mol. The maximum Gasteiger partial charge on any atom is 0.0807 e. The summed E-state index contributed by atoms with van der Waals surface area (Å²) < 4.78 is 2.54. The largest absolute Gasteiger partial charge is 0.388 e. The maximum absolute atomic E-state index is 10.1. The van der Waals surface area contributed by atoms with E-state index in [0.717, 1.165) is 25.2 Å². The van der Waals surface area contributed by atoms with Crippen molar-refractivity contribution in [2.24, 2.45) is 5.92 Å². The van der Waals surface area contributed by atoms with Crippen molar-refractivity contribution in [2.75, 3.05) is 0 Å². The summed E-state index contributed by atoms with van der Waals surface area (Å²) in [6, 6.07) is 2.84. The Kier molecular flexibility index (Phi) is 3.23. The van der Waals surface area contributed by atoms with Gasteiger partial charge in [0.05, 0.1) is 6.10 Å². The average molecular weight is 247 g/mol. The summed E-state index contributed by atoms with van der Waals surface area (Å²) in [5.41, 5.74) is 3.98. The van der Waals surface area contributed by atoms with Crippen LogP contribution in [0, 0.1) is 12.8 Å². The molecule has 0 spiro atoms. The first-order valence-electron chi connectivity index (χ1n) is 7.57. The normalized spacial score (nSPS) is 26.3. The Labute approximate surface area is 110 Å². The molecule has 1 aromatic heterocycles. The van der Waals surface area contributed by atoms with Gasteiger partial charge in [-0.05, 0) is 57.9 Å². The fraction of sp³-hybridized carbons (Fsp3) is 0.750. The second kappa shape index (κ2) is 4.73. The quantitative estimate of drug-likeness (QED) is 0.842. The summed E-state index contributed by atoms with van der Waals surface area (Å²) >= 11 is 0. The van der Waals surface area contributed by atoms with Crippen LogP contribution >= 0.6 is 0 Å². The van der Waals surface area contributed by atoms with E-state index in [1.165, 1.54) is 42.6 Å². The Hall–Kier alpha value is -0.760. The molecule has 2 aliphatic carbocycles. The van der Waals surface area contributed by atoms with Crippen molar-refractivity contribution in [3.8, 4) is 0 Å². The minimum Gasteiger partial charge on any atom is -0.388 e. The van der Waals surface area contributed by atoms with E-state index in [4.69, 9.17) is 0 Å². The van der Waals surface area contributed by atoms with Crippen molar-refractivity contribution in [1.29, 1.82) is 0 Å². The lowest BCUT2D eigenvalue weighted by Crippen LogP contribution is -2.20. The van der Waals surface area contributed by atoms with Crippen LogP contribution in [-0.4, -0.2) is 9.67 Å². The summed E-state index contributed by atoms with van der Waals surface area (Å²) in [5.74, 6) is 0.847. The van der Waals surface area contributed by atoms with Crippen LogP contribution in [0.15, 0.2) is 6.07 Å². The molecule has 0 amide bonds. The van der Waals surface area contributed by atoms with Gasteiger partial charge in [-0.3, -0.25) is 0 Å². The highest BCUT2D eigenvalue weighted by Gasteiger charge is 2.29. The summed E-state index contributed by atoms with van der Waals surface area (Å²) in [6.07, 6.45) is 8.58. The second-order valence-corrected chi connectivity index (χ2v) is 6.25. The first kappa shape index (κ1) is 12.3. The van der Waals surface area contributed by atoms with E-state index < -0.39 is 0 Å². The van der Waals surface area contributed by atoms with Crippen LogP contribution in [0.1, 0.15) is 74.5 Å². The zero-order valence-corrected chi connectivity index (χ0v) is 11.7. The molecule has 2 atom stereocenters. The predicted octanol–water partition coefficient (Wildman–Crippen LogP) is 3.92. The SMILES string of the molecule is Cc1cc2c(n1C(C)C1CCCC1)CCCC2O. The molecule has 1 saturated carbocycles. The molecule has 0 aromatic carbocycles. The van der Waals surface area contributed by atoms with Gasteiger partial charge in [0.2, 0.25) is 0 Å². The summed E-state index contributed by atoms with van der Waals surface area (Å²) in [7, 11) is 0. The molecule has 0 saturated heterocycles. The van der Waals surface area contributed by atoms with Gasteiger partial charge in [0, 0.05) is 23.0 Å². The van der Waals surface area contributed by atoms with Gasteiger partial charge in [-0.15, -0.1) is 0 Å². The van der Waals surface area contributed by atoms with Crippen LogP contribution in [0.3, 0.4) is 0 Å². The highest BCUT2D eigenvalue weighted by atomic mass is 16.3. The van der Waals surface area contributed by atoms with Crippen molar-refractivity contribution in [2.45, 2.75) is 70.9 Å². The summed E-state index contributed by atoms with van der Waals surface area (Å²) in [4.78, 5) is 0. The van der Waals surface area contributed by atoms with Crippen LogP contribution in [0.4, 0.5) is 0 Å². The molecular formula is C16H25NO. The minimum atomic E-state index is -0.218. The topological polar surface area (TPSA) is 25.2 Å². The molecule has 1 aromatic rings. The van der Waals surface area contributed by atoms with Gasteiger partial charge in [-0.1, -0.05) is 12.8 Å². The number of aromatic nitrogens is 1.